The van der Waals surface area contributed by atoms with Gasteiger partial charge in [0.1, 0.15) is 0 Å². The summed E-state index contributed by atoms with van der Waals surface area (Å²) in [6.07, 6.45) is 3.94. The number of benzene rings is 1. The number of likely N-dealkylation sites (tertiary alicyclic amines) is 1. The number of hydrogen-bond acceptors (Lipinski definition) is 3. The second-order valence-corrected chi connectivity index (χ2v) is 4.93. The molecular weight excluding hydrogens is 268 g/mol. The molecule has 0 aliphatic carbocycles. The molecular formula is C16H18N2O3. The van der Waals surface area contributed by atoms with Gasteiger partial charge in [-0.2, -0.15) is 0 Å². The van der Waals surface area contributed by atoms with E-state index in [4.69, 9.17) is 0 Å². The van der Waals surface area contributed by atoms with Crippen LogP contribution >= 0.6 is 0 Å². The number of carbonyl (C=O) groups is 3. The van der Waals surface area contributed by atoms with Gasteiger partial charge in [-0.1, -0.05) is 30.3 Å². The Morgan fingerprint density at radius 3 is 2.29 bits per heavy atom. The lowest BCUT2D eigenvalue weighted by atomic mass is 10.2. The largest absolute Gasteiger partial charge is 0.331 e. The summed E-state index contributed by atoms with van der Waals surface area (Å²) < 4.78 is 0. The summed E-state index contributed by atoms with van der Waals surface area (Å²) in [6, 6.07) is 8.71. The summed E-state index contributed by atoms with van der Waals surface area (Å²) in [5, 5.41) is 0. The maximum atomic E-state index is 12.4. The fourth-order valence-electron chi connectivity index (χ4n) is 2.35. The molecule has 2 rings (SSSR count). The highest BCUT2D eigenvalue weighted by atomic mass is 16.2. The molecule has 1 aromatic carbocycles. The second kappa shape index (κ2) is 6.83. The standard InChI is InChI=1S/C16H18N2O3/c1-13(20)18(16(21)17-9-5-6-10-17)15(12-19)11-14-7-3-2-4-8-14/h2-4,7-8,11-12H,5-6,9-10H2,1H3. The summed E-state index contributed by atoms with van der Waals surface area (Å²) in [7, 11) is 0. The topological polar surface area (TPSA) is 57.7 Å². The van der Waals surface area contributed by atoms with E-state index in [2.05, 4.69) is 0 Å². The number of hydrogen-bond donors (Lipinski definition) is 0. The van der Waals surface area contributed by atoms with Crippen LogP contribution < -0.4 is 0 Å². The Morgan fingerprint density at radius 2 is 1.76 bits per heavy atom. The van der Waals surface area contributed by atoms with Gasteiger partial charge in [0.25, 0.3) is 0 Å². The summed E-state index contributed by atoms with van der Waals surface area (Å²) in [5.74, 6) is -0.457. The highest BCUT2D eigenvalue weighted by molar-refractivity contribution is 6.02. The second-order valence-electron chi connectivity index (χ2n) is 4.93. The summed E-state index contributed by atoms with van der Waals surface area (Å²) in [4.78, 5) is 38.1. The van der Waals surface area contributed by atoms with E-state index in [1.165, 1.54) is 6.92 Å². The molecule has 21 heavy (non-hydrogen) atoms. The van der Waals surface area contributed by atoms with Crippen LogP contribution in [0.2, 0.25) is 0 Å². The van der Waals surface area contributed by atoms with Gasteiger partial charge in [0.05, 0.1) is 5.70 Å². The van der Waals surface area contributed by atoms with Crippen LogP contribution in [0.25, 0.3) is 6.08 Å². The maximum Gasteiger partial charge on any atom is 0.331 e. The van der Waals surface area contributed by atoms with Crippen molar-refractivity contribution >= 4 is 24.3 Å². The first-order valence-electron chi connectivity index (χ1n) is 6.95. The van der Waals surface area contributed by atoms with Crippen LogP contribution in [0.15, 0.2) is 36.0 Å². The van der Waals surface area contributed by atoms with Gasteiger partial charge in [-0.25, -0.2) is 9.69 Å². The predicted octanol–water partition coefficient (Wildman–Crippen LogP) is 2.29. The molecule has 1 fully saturated rings. The Balaban J connectivity index is 2.30. The van der Waals surface area contributed by atoms with Crippen molar-refractivity contribution in [1.29, 1.82) is 0 Å². The van der Waals surface area contributed by atoms with Gasteiger partial charge in [0.2, 0.25) is 5.91 Å². The first-order valence-corrected chi connectivity index (χ1v) is 6.95. The van der Waals surface area contributed by atoms with Gasteiger partial charge >= 0.3 is 6.03 Å². The van der Waals surface area contributed by atoms with Crippen molar-refractivity contribution in [3.63, 3.8) is 0 Å². The monoisotopic (exact) mass is 286 g/mol. The molecule has 0 radical (unpaired) electrons. The lowest BCUT2D eigenvalue weighted by Crippen LogP contribution is -2.44. The van der Waals surface area contributed by atoms with Gasteiger partial charge in [-0.3, -0.25) is 9.59 Å². The average molecular weight is 286 g/mol. The van der Waals surface area contributed by atoms with Crippen molar-refractivity contribution in [2.45, 2.75) is 19.8 Å². The molecule has 1 heterocycles. The molecule has 0 N–H and O–H groups in total. The van der Waals surface area contributed by atoms with Crippen LogP contribution in [0.3, 0.4) is 0 Å². The number of carbonyl (C=O) groups excluding carboxylic acids is 3. The third-order valence-corrected chi connectivity index (χ3v) is 3.38. The Kier molecular flexibility index (Phi) is 4.87. The molecule has 0 aromatic heterocycles. The van der Waals surface area contributed by atoms with Crippen LogP contribution in [0.4, 0.5) is 4.79 Å². The highest BCUT2D eigenvalue weighted by Crippen LogP contribution is 2.16. The quantitative estimate of drug-likeness (QED) is 0.633. The molecule has 1 saturated heterocycles. The zero-order valence-corrected chi connectivity index (χ0v) is 12.0. The maximum absolute atomic E-state index is 12.4. The minimum atomic E-state index is -0.457. The number of allylic oxidation sites excluding steroid dienone is 1. The molecule has 0 saturated carbocycles. The molecule has 5 heteroatoms. The molecule has 0 atom stereocenters. The Hall–Kier alpha value is -2.43. The van der Waals surface area contributed by atoms with Crippen molar-refractivity contribution in [3.8, 4) is 0 Å². The number of amides is 3. The number of rotatable bonds is 3. The molecule has 3 amide bonds. The average Bonchev–Trinajstić information content (AvgIpc) is 3.01. The summed E-state index contributed by atoms with van der Waals surface area (Å²) in [6.45, 7) is 2.54. The number of nitrogens with zero attached hydrogens (tertiary/aromatic N) is 2. The fraction of sp³-hybridized carbons (Fsp3) is 0.312. The molecule has 0 bridgehead atoms. The zero-order chi connectivity index (χ0) is 15.2. The van der Waals surface area contributed by atoms with Crippen molar-refractivity contribution < 1.29 is 14.4 Å². The third kappa shape index (κ3) is 3.56. The normalized spacial score (nSPS) is 14.9. The lowest BCUT2D eigenvalue weighted by Gasteiger charge is -2.25. The Bertz CT molecular complexity index is 560. The van der Waals surface area contributed by atoms with Crippen LogP contribution in [-0.4, -0.2) is 41.1 Å². The minimum absolute atomic E-state index is 0.0607. The molecule has 110 valence electrons. The Morgan fingerprint density at radius 1 is 1.14 bits per heavy atom. The number of imide groups is 1. The van der Waals surface area contributed by atoms with E-state index in [-0.39, 0.29) is 5.70 Å². The molecule has 1 aliphatic rings. The third-order valence-electron chi connectivity index (χ3n) is 3.38. The van der Waals surface area contributed by atoms with E-state index in [0.29, 0.717) is 19.4 Å². The zero-order valence-electron chi connectivity index (χ0n) is 12.0. The lowest BCUT2D eigenvalue weighted by molar-refractivity contribution is -0.126. The summed E-state index contributed by atoms with van der Waals surface area (Å²) >= 11 is 0. The van der Waals surface area contributed by atoms with Crippen LogP contribution in [-0.2, 0) is 9.59 Å². The van der Waals surface area contributed by atoms with E-state index >= 15 is 0 Å². The van der Waals surface area contributed by atoms with Crippen LogP contribution in [0, 0.1) is 0 Å². The van der Waals surface area contributed by atoms with Crippen LogP contribution in [0.5, 0.6) is 0 Å². The number of aldehydes is 1. The SMILES string of the molecule is CC(=O)N(C(=O)N1CCCC1)C(C=O)=Cc1ccccc1. The predicted molar refractivity (Wildman–Crippen MR) is 79.2 cm³/mol. The molecule has 5 nitrogen and oxygen atoms in total. The van der Waals surface area contributed by atoms with Gasteiger partial charge in [-0.15, -0.1) is 0 Å². The molecule has 0 unspecified atom stereocenters. The van der Waals surface area contributed by atoms with Crippen molar-refractivity contribution in [2.75, 3.05) is 13.1 Å². The molecule has 1 aliphatic heterocycles. The van der Waals surface area contributed by atoms with Crippen molar-refractivity contribution in [1.82, 2.24) is 9.80 Å². The van der Waals surface area contributed by atoms with Gasteiger partial charge in [0.15, 0.2) is 6.29 Å². The van der Waals surface area contributed by atoms with E-state index < -0.39 is 11.9 Å². The van der Waals surface area contributed by atoms with Crippen molar-refractivity contribution in [2.24, 2.45) is 0 Å². The fourth-order valence-corrected chi connectivity index (χ4v) is 2.35. The van der Waals surface area contributed by atoms with E-state index in [1.807, 2.05) is 30.3 Å². The van der Waals surface area contributed by atoms with E-state index in [1.54, 1.807) is 11.0 Å². The molecule has 1 aromatic rings. The van der Waals surface area contributed by atoms with E-state index in [0.717, 1.165) is 23.3 Å². The first-order chi connectivity index (χ1) is 10.1. The Labute approximate surface area is 123 Å². The molecule has 0 spiro atoms. The minimum Gasteiger partial charge on any atom is -0.324 e. The van der Waals surface area contributed by atoms with Gasteiger partial charge < -0.3 is 4.90 Å². The number of urea groups is 1. The van der Waals surface area contributed by atoms with Crippen molar-refractivity contribution in [3.05, 3.63) is 41.6 Å². The first kappa shape index (κ1) is 15.0. The van der Waals surface area contributed by atoms with Gasteiger partial charge in [0, 0.05) is 20.0 Å². The van der Waals surface area contributed by atoms with Crippen LogP contribution in [0.1, 0.15) is 25.3 Å². The smallest absolute Gasteiger partial charge is 0.324 e. The van der Waals surface area contributed by atoms with Gasteiger partial charge in [-0.05, 0) is 24.5 Å². The van der Waals surface area contributed by atoms with E-state index in [9.17, 15) is 14.4 Å². The highest BCUT2D eigenvalue weighted by Gasteiger charge is 2.28. The summed E-state index contributed by atoms with van der Waals surface area (Å²) in [5.41, 5.74) is 0.825.